The number of hydrogen-bond acceptors (Lipinski definition) is 5. The number of ether oxygens (including phenoxy) is 1. The van der Waals surface area contributed by atoms with E-state index in [0.29, 0.717) is 0 Å². The Morgan fingerprint density at radius 2 is 2.06 bits per heavy atom. The van der Waals surface area contributed by atoms with Crippen LogP contribution in [0.5, 0.6) is 0 Å². The summed E-state index contributed by atoms with van der Waals surface area (Å²) in [6, 6.07) is -0.610. The molecule has 6 heteroatoms. The largest absolute Gasteiger partial charge is 1.00 e. The monoisotopic (exact) mass is 222 g/mol. The van der Waals surface area contributed by atoms with Gasteiger partial charge < -0.3 is 19.5 Å². The number of rotatable bonds is 4. The number of carbonyl (C=O) groups is 1. The molecule has 0 N–H and O–H groups in total. The van der Waals surface area contributed by atoms with Crippen molar-refractivity contribution in [3.05, 3.63) is 0 Å². The van der Waals surface area contributed by atoms with Gasteiger partial charge in [0.1, 0.15) is 0 Å². The number of nitrogens with zero attached hydrogens (tertiary/aromatic N) is 2. The average molecular weight is 222 g/mol. The molecule has 1 aliphatic heterocycles. The van der Waals surface area contributed by atoms with E-state index in [1.807, 2.05) is 11.9 Å². The van der Waals surface area contributed by atoms with Crippen LogP contribution in [0.3, 0.4) is 0 Å². The summed E-state index contributed by atoms with van der Waals surface area (Å²) in [6.07, 6.45) is 0.990. The summed E-state index contributed by atoms with van der Waals surface area (Å²) in [6.45, 7) is 3.67. The first-order valence-corrected chi connectivity index (χ1v) is 5.27. The van der Waals surface area contributed by atoms with E-state index in [1.54, 1.807) is 0 Å². The predicted octanol–water partition coefficient (Wildman–Crippen LogP) is -4.61. The minimum absolute atomic E-state index is 0. The van der Waals surface area contributed by atoms with Gasteiger partial charge in [0.2, 0.25) is 0 Å². The minimum Gasteiger partial charge on any atom is -0.548 e. The van der Waals surface area contributed by atoms with Crippen LogP contribution in [0.4, 0.5) is 0 Å². The molecule has 1 unspecified atom stereocenters. The second-order valence-corrected chi connectivity index (χ2v) is 3.98. The third-order valence-corrected chi connectivity index (χ3v) is 2.79. The standard InChI is InChI=1S/C10H20N2O3.Li/c1-11-4-3-5-12(7-6-11)9(8-15-2)10(13)14;/h9H,3-8H2,1-2H3,(H,13,14);/q;+1/p-1. The van der Waals surface area contributed by atoms with E-state index in [9.17, 15) is 9.90 Å². The van der Waals surface area contributed by atoms with E-state index >= 15 is 0 Å². The smallest absolute Gasteiger partial charge is 0.548 e. The molecule has 0 radical (unpaired) electrons. The number of carbonyl (C=O) groups excluding carboxylic acids is 1. The van der Waals surface area contributed by atoms with Crippen LogP contribution in [0.15, 0.2) is 0 Å². The minimum atomic E-state index is -1.04. The van der Waals surface area contributed by atoms with Crippen molar-refractivity contribution in [2.45, 2.75) is 12.5 Å². The maximum atomic E-state index is 10.9. The van der Waals surface area contributed by atoms with Crippen LogP contribution in [-0.2, 0) is 9.53 Å². The number of carboxylic acids is 1. The molecule has 88 valence electrons. The quantitative estimate of drug-likeness (QED) is 0.448. The molecule has 0 aromatic rings. The molecule has 1 aliphatic rings. The van der Waals surface area contributed by atoms with Crippen LogP contribution >= 0.6 is 0 Å². The van der Waals surface area contributed by atoms with Gasteiger partial charge in [-0.3, -0.25) is 4.90 Å². The van der Waals surface area contributed by atoms with E-state index in [-0.39, 0.29) is 25.5 Å². The Balaban J connectivity index is 0.00000225. The van der Waals surface area contributed by atoms with Crippen molar-refractivity contribution in [2.24, 2.45) is 0 Å². The maximum Gasteiger partial charge on any atom is 1.00 e. The first-order valence-electron chi connectivity index (χ1n) is 5.27. The molecule has 5 nitrogen and oxygen atoms in total. The second-order valence-electron chi connectivity index (χ2n) is 3.98. The molecular formula is C10H19LiN2O3. The predicted molar refractivity (Wildman–Crippen MR) is 54.4 cm³/mol. The summed E-state index contributed by atoms with van der Waals surface area (Å²) >= 11 is 0. The van der Waals surface area contributed by atoms with E-state index < -0.39 is 12.0 Å². The molecule has 1 atom stereocenters. The molecule has 1 fully saturated rings. The molecule has 1 heterocycles. The van der Waals surface area contributed by atoms with Crippen LogP contribution in [0.25, 0.3) is 0 Å². The number of aliphatic carboxylic acids is 1. The summed E-state index contributed by atoms with van der Waals surface area (Å²) in [5, 5.41) is 10.9. The van der Waals surface area contributed by atoms with Crippen molar-refractivity contribution in [1.29, 1.82) is 0 Å². The van der Waals surface area contributed by atoms with E-state index in [0.717, 1.165) is 32.6 Å². The van der Waals surface area contributed by atoms with Gasteiger partial charge in [-0.2, -0.15) is 0 Å². The van der Waals surface area contributed by atoms with Crippen LogP contribution in [-0.4, -0.2) is 68.8 Å². The van der Waals surface area contributed by atoms with Crippen molar-refractivity contribution in [3.63, 3.8) is 0 Å². The zero-order valence-corrected chi connectivity index (χ0v) is 10.4. The van der Waals surface area contributed by atoms with Gasteiger partial charge in [-0.1, -0.05) is 0 Å². The van der Waals surface area contributed by atoms with Gasteiger partial charge in [-0.25, -0.2) is 0 Å². The molecule has 0 aromatic heterocycles. The molecule has 0 aliphatic carbocycles. The maximum absolute atomic E-state index is 10.9. The molecule has 0 saturated carbocycles. The molecule has 1 rings (SSSR count). The van der Waals surface area contributed by atoms with Crippen molar-refractivity contribution in [1.82, 2.24) is 9.80 Å². The molecule has 0 amide bonds. The normalized spacial score (nSPS) is 20.9. The van der Waals surface area contributed by atoms with E-state index in [4.69, 9.17) is 4.74 Å². The van der Waals surface area contributed by atoms with Gasteiger partial charge in [0.25, 0.3) is 0 Å². The van der Waals surface area contributed by atoms with Crippen molar-refractivity contribution < 1.29 is 33.5 Å². The first kappa shape index (κ1) is 15.9. The number of likely N-dealkylation sites (N-methyl/N-ethyl adjacent to an activating group) is 1. The zero-order valence-electron chi connectivity index (χ0n) is 10.4. The Labute approximate surface area is 109 Å². The van der Waals surface area contributed by atoms with Gasteiger partial charge in [-0.15, -0.1) is 0 Å². The molecule has 1 saturated heterocycles. The third kappa shape index (κ3) is 4.85. The molecule has 0 spiro atoms. The Morgan fingerprint density at radius 3 is 2.62 bits per heavy atom. The SMILES string of the molecule is COCC(C(=O)[O-])N1CCCN(C)CC1.[Li+]. The van der Waals surface area contributed by atoms with Crippen molar-refractivity contribution >= 4 is 5.97 Å². The Hall–Kier alpha value is -0.0526. The van der Waals surface area contributed by atoms with Gasteiger partial charge in [0.15, 0.2) is 0 Å². The fourth-order valence-corrected chi connectivity index (χ4v) is 1.86. The van der Waals surface area contributed by atoms with Crippen molar-refractivity contribution in [2.75, 3.05) is 46.9 Å². The van der Waals surface area contributed by atoms with Gasteiger partial charge in [-0.05, 0) is 20.0 Å². The average Bonchev–Trinajstić information content (AvgIpc) is 2.39. The van der Waals surface area contributed by atoms with Crippen LogP contribution < -0.4 is 24.0 Å². The Morgan fingerprint density at radius 1 is 1.38 bits per heavy atom. The van der Waals surface area contributed by atoms with Crippen LogP contribution in [0.2, 0.25) is 0 Å². The summed E-state index contributed by atoms with van der Waals surface area (Å²) in [4.78, 5) is 15.1. The zero-order chi connectivity index (χ0) is 11.3. The van der Waals surface area contributed by atoms with E-state index in [2.05, 4.69) is 4.90 Å². The summed E-state index contributed by atoms with van der Waals surface area (Å²) in [7, 11) is 3.56. The molecule has 16 heavy (non-hydrogen) atoms. The molecule has 0 aromatic carbocycles. The van der Waals surface area contributed by atoms with Gasteiger partial charge in [0.05, 0.1) is 18.6 Å². The first-order chi connectivity index (χ1) is 7.15. The second kappa shape index (κ2) is 8.10. The fourth-order valence-electron chi connectivity index (χ4n) is 1.86. The van der Waals surface area contributed by atoms with Crippen molar-refractivity contribution in [3.8, 4) is 0 Å². The Bertz CT molecular complexity index is 216. The number of carboxylic acid groups (broad SMARTS) is 1. The van der Waals surface area contributed by atoms with Crippen LogP contribution in [0.1, 0.15) is 6.42 Å². The summed E-state index contributed by atoms with van der Waals surface area (Å²) in [5.74, 6) is -1.04. The number of methoxy groups -OCH3 is 1. The number of hydrogen-bond donors (Lipinski definition) is 0. The molecular weight excluding hydrogens is 203 g/mol. The summed E-state index contributed by atoms with van der Waals surface area (Å²) < 4.78 is 4.91. The molecule has 0 bridgehead atoms. The Kier molecular flexibility index (Phi) is 8.07. The fraction of sp³-hybridized carbons (Fsp3) is 0.900. The summed E-state index contributed by atoms with van der Waals surface area (Å²) in [5.41, 5.74) is 0. The van der Waals surface area contributed by atoms with Gasteiger partial charge in [0, 0.05) is 26.7 Å². The van der Waals surface area contributed by atoms with E-state index in [1.165, 1.54) is 7.11 Å². The van der Waals surface area contributed by atoms with Crippen LogP contribution in [0, 0.1) is 0 Å². The van der Waals surface area contributed by atoms with Gasteiger partial charge >= 0.3 is 18.9 Å². The third-order valence-electron chi connectivity index (χ3n) is 2.79. The topological polar surface area (TPSA) is 55.8 Å².